The van der Waals surface area contributed by atoms with Crippen LogP contribution < -0.4 is 5.32 Å². The van der Waals surface area contributed by atoms with Gasteiger partial charge in [0.2, 0.25) is 0 Å². The summed E-state index contributed by atoms with van der Waals surface area (Å²) in [7, 11) is 2.22. The Bertz CT molecular complexity index is 411. The predicted octanol–water partition coefficient (Wildman–Crippen LogP) is 2.67. The number of likely N-dealkylation sites (N-methyl/N-ethyl adjacent to an activating group) is 1. The first-order valence-corrected chi connectivity index (χ1v) is 8.40. The zero-order valence-electron chi connectivity index (χ0n) is 13.9. The van der Waals surface area contributed by atoms with Crippen molar-refractivity contribution < 1.29 is 0 Å². The maximum atomic E-state index is 3.74. The van der Waals surface area contributed by atoms with Gasteiger partial charge in [-0.1, -0.05) is 31.2 Å². The van der Waals surface area contributed by atoms with Gasteiger partial charge in [-0.3, -0.25) is 0 Å². The molecule has 1 atom stereocenters. The molecule has 3 nitrogen and oxygen atoms in total. The van der Waals surface area contributed by atoms with Crippen molar-refractivity contribution >= 4 is 0 Å². The highest BCUT2D eigenvalue weighted by molar-refractivity contribution is 5.28. The van der Waals surface area contributed by atoms with Crippen molar-refractivity contribution in [2.24, 2.45) is 0 Å². The lowest BCUT2D eigenvalue weighted by Crippen LogP contribution is -2.45. The molecule has 0 radical (unpaired) electrons. The zero-order valence-corrected chi connectivity index (χ0v) is 13.9. The molecule has 1 aliphatic rings. The first-order valence-electron chi connectivity index (χ1n) is 8.40. The van der Waals surface area contributed by atoms with E-state index < -0.39 is 0 Å². The monoisotopic (exact) mass is 289 g/mol. The van der Waals surface area contributed by atoms with Crippen molar-refractivity contribution in [1.82, 2.24) is 15.1 Å². The van der Waals surface area contributed by atoms with Gasteiger partial charge < -0.3 is 15.1 Å². The molecule has 1 saturated heterocycles. The third-order valence-electron chi connectivity index (χ3n) is 4.53. The predicted molar refractivity (Wildman–Crippen MR) is 90.8 cm³/mol. The topological polar surface area (TPSA) is 18.5 Å². The second-order valence-electron chi connectivity index (χ2n) is 6.30. The lowest BCUT2D eigenvalue weighted by atomic mass is 9.98. The van der Waals surface area contributed by atoms with E-state index in [1.807, 2.05) is 0 Å². The number of hydrogen-bond donors (Lipinski definition) is 1. The highest BCUT2D eigenvalue weighted by Gasteiger charge is 2.17. The van der Waals surface area contributed by atoms with E-state index in [0.29, 0.717) is 6.04 Å². The fourth-order valence-electron chi connectivity index (χ4n) is 3.05. The normalized spacial score (nSPS) is 18.8. The smallest absolute Gasteiger partial charge is 0.0335 e. The number of hydrogen-bond acceptors (Lipinski definition) is 3. The summed E-state index contributed by atoms with van der Waals surface area (Å²) < 4.78 is 0. The van der Waals surface area contributed by atoms with Crippen molar-refractivity contribution in [1.29, 1.82) is 0 Å². The van der Waals surface area contributed by atoms with Gasteiger partial charge in [-0.25, -0.2) is 0 Å². The van der Waals surface area contributed by atoms with Crippen LogP contribution in [0.4, 0.5) is 0 Å². The van der Waals surface area contributed by atoms with Crippen LogP contribution in [0, 0.1) is 6.92 Å². The van der Waals surface area contributed by atoms with Crippen molar-refractivity contribution in [2.75, 3.05) is 46.3 Å². The van der Waals surface area contributed by atoms with Crippen LogP contribution in [0.1, 0.15) is 36.9 Å². The summed E-state index contributed by atoms with van der Waals surface area (Å²) >= 11 is 0. The molecule has 1 aromatic rings. The third-order valence-corrected chi connectivity index (χ3v) is 4.53. The molecule has 0 spiro atoms. The Kier molecular flexibility index (Phi) is 6.68. The summed E-state index contributed by atoms with van der Waals surface area (Å²) in [6.07, 6.45) is 2.39. The van der Waals surface area contributed by atoms with Gasteiger partial charge in [0, 0.05) is 38.8 Å². The minimum absolute atomic E-state index is 0.491. The zero-order chi connectivity index (χ0) is 15.1. The van der Waals surface area contributed by atoms with Gasteiger partial charge in [0.1, 0.15) is 0 Å². The van der Waals surface area contributed by atoms with Crippen LogP contribution in [-0.2, 0) is 0 Å². The maximum absolute atomic E-state index is 3.74. The van der Waals surface area contributed by atoms with Crippen LogP contribution in [-0.4, -0.2) is 56.1 Å². The van der Waals surface area contributed by atoms with E-state index in [1.54, 1.807) is 0 Å². The van der Waals surface area contributed by atoms with Crippen LogP contribution >= 0.6 is 0 Å². The van der Waals surface area contributed by atoms with Gasteiger partial charge >= 0.3 is 0 Å². The van der Waals surface area contributed by atoms with Crippen LogP contribution in [0.3, 0.4) is 0 Å². The average molecular weight is 289 g/mol. The summed E-state index contributed by atoms with van der Waals surface area (Å²) in [5.74, 6) is 0. The van der Waals surface area contributed by atoms with Crippen molar-refractivity contribution in [3.05, 3.63) is 35.4 Å². The molecular formula is C18H31N3. The molecule has 3 heteroatoms. The van der Waals surface area contributed by atoms with Crippen molar-refractivity contribution in [2.45, 2.75) is 32.7 Å². The molecule has 0 aromatic heterocycles. The largest absolute Gasteiger partial charge is 0.310 e. The molecule has 2 rings (SSSR count). The molecule has 1 aromatic carbocycles. The van der Waals surface area contributed by atoms with Crippen molar-refractivity contribution in [3.63, 3.8) is 0 Å². The molecule has 1 unspecified atom stereocenters. The van der Waals surface area contributed by atoms with Crippen LogP contribution in [0.15, 0.2) is 24.3 Å². The van der Waals surface area contributed by atoms with Gasteiger partial charge in [-0.05, 0) is 44.5 Å². The minimum atomic E-state index is 0.491. The number of nitrogens with zero attached hydrogens (tertiary/aromatic N) is 2. The molecule has 0 bridgehead atoms. The van der Waals surface area contributed by atoms with E-state index in [0.717, 1.165) is 6.54 Å². The quantitative estimate of drug-likeness (QED) is 0.832. The maximum Gasteiger partial charge on any atom is 0.0335 e. The minimum Gasteiger partial charge on any atom is -0.310 e. The molecule has 1 N–H and O–H groups in total. The molecule has 1 fully saturated rings. The number of benzene rings is 1. The van der Waals surface area contributed by atoms with E-state index in [1.165, 1.54) is 56.7 Å². The van der Waals surface area contributed by atoms with Crippen LogP contribution in [0.5, 0.6) is 0 Å². The first kappa shape index (κ1) is 16.5. The molecule has 21 heavy (non-hydrogen) atoms. The molecular weight excluding hydrogens is 258 g/mol. The van der Waals surface area contributed by atoms with Gasteiger partial charge in [0.15, 0.2) is 0 Å². The lowest BCUT2D eigenvalue weighted by Gasteiger charge is -2.33. The summed E-state index contributed by atoms with van der Waals surface area (Å²) in [5.41, 5.74) is 2.88. The van der Waals surface area contributed by atoms with Gasteiger partial charge in [-0.15, -0.1) is 0 Å². The number of aryl methyl sites for hydroxylation is 1. The highest BCUT2D eigenvalue weighted by atomic mass is 15.2. The fourth-order valence-corrected chi connectivity index (χ4v) is 3.05. The van der Waals surface area contributed by atoms with Gasteiger partial charge in [-0.2, -0.15) is 0 Å². The summed E-state index contributed by atoms with van der Waals surface area (Å²) in [4.78, 5) is 5.03. The lowest BCUT2D eigenvalue weighted by molar-refractivity contribution is 0.148. The van der Waals surface area contributed by atoms with E-state index in [2.05, 4.69) is 60.3 Å². The van der Waals surface area contributed by atoms with E-state index in [4.69, 9.17) is 0 Å². The number of piperazine rings is 1. The van der Waals surface area contributed by atoms with Crippen LogP contribution in [0.2, 0.25) is 0 Å². The van der Waals surface area contributed by atoms with E-state index >= 15 is 0 Å². The van der Waals surface area contributed by atoms with Crippen molar-refractivity contribution in [3.8, 4) is 0 Å². The van der Waals surface area contributed by atoms with Crippen LogP contribution in [0.25, 0.3) is 0 Å². The second kappa shape index (κ2) is 8.52. The Morgan fingerprint density at radius 1 is 1.14 bits per heavy atom. The summed E-state index contributed by atoms with van der Waals surface area (Å²) in [5, 5.41) is 3.74. The standard InChI is InChI=1S/C18H31N3/c1-4-10-19-18(17-8-6-5-7-16(17)2)9-11-21-14-12-20(3)13-15-21/h5-8,18-19H,4,9-15H2,1-3H3. The molecule has 0 amide bonds. The number of rotatable bonds is 7. The van der Waals surface area contributed by atoms with E-state index in [-0.39, 0.29) is 0 Å². The van der Waals surface area contributed by atoms with Gasteiger partial charge in [0.05, 0.1) is 0 Å². The molecule has 0 saturated carbocycles. The average Bonchev–Trinajstić information content (AvgIpc) is 2.50. The molecule has 1 aliphatic heterocycles. The Morgan fingerprint density at radius 2 is 1.86 bits per heavy atom. The fraction of sp³-hybridized carbons (Fsp3) is 0.667. The highest BCUT2D eigenvalue weighted by Crippen LogP contribution is 2.21. The third kappa shape index (κ3) is 5.10. The SMILES string of the molecule is CCCNC(CCN1CCN(C)CC1)c1ccccc1C. The molecule has 118 valence electrons. The first-order chi connectivity index (χ1) is 10.2. The summed E-state index contributed by atoms with van der Waals surface area (Å²) in [6.45, 7) is 11.6. The molecule has 0 aliphatic carbocycles. The molecule has 1 heterocycles. The Balaban J connectivity index is 1.92. The van der Waals surface area contributed by atoms with Gasteiger partial charge in [0.25, 0.3) is 0 Å². The van der Waals surface area contributed by atoms with E-state index in [9.17, 15) is 0 Å². The summed E-state index contributed by atoms with van der Waals surface area (Å²) in [6, 6.07) is 9.30. The Morgan fingerprint density at radius 3 is 2.52 bits per heavy atom. The number of nitrogens with one attached hydrogen (secondary N) is 1. The Labute approximate surface area is 130 Å². The second-order valence-corrected chi connectivity index (χ2v) is 6.30. The Hall–Kier alpha value is -0.900.